The Morgan fingerprint density at radius 2 is 1.47 bits per heavy atom. The van der Waals surface area contributed by atoms with E-state index in [1.54, 1.807) is 0 Å². The van der Waals surface area contributed by atoms with Gasteiger partial charge in [-0.05, 0) is 0 Å². The molecule has 0 aromatic carbocycles. The van der Waals surface area contributed by atoms with Crippen LogP contribution in [0.15, 0.2) is 72.8 Å². The molecular formula is C15H14N3Pt-3. The Kier molecular flexibility index (Phi) is 4.86. The summed E-state index contributed by atoms with van der Waals surface area (Å²) in [6.07, 6.45) is 21.8. The van der Waals surface area contributed by atoms with Gasteiger partial charge in [-0.1, -0.05) is 48.6 Å². The molecule has 3 nitrogen and oxygen atoms in total. The molecule has 3 heterocycles. The molecule has 0 amide bonds. The molecule has 3 atom stereocenters. The normalized spacial score (nSPS) is 30.7. The summed E-state index contributed by atoms with van der Waals surface area (Å²) in [4.78, 5) is 0. The number of hydrogen-bond donors (Lipinski definition) is 0. The van der Waals surface area contributed by atoms with Crippen LogP contribution in [0.5, 0.6) is 0 Å². The van der Waals surface area contributed by atoms with E-state index in [-0.39, 0.29) is 39.2 Å². The molecule has 0 saturated carbocycles. The van der Waals surface area contributed by atoms with Gasteiger partial charge < -0.3 is 16.0 Å². The zero-order chi connectivity index (χ0) is 12.2. The van der Waals surface area contributed by atoms with Crippen molar-refractivity contribution in [3.05, 3.63) is 88.7 Å². The van der Waals surface area contributed by atoms with Gasteiger partial charge in [0, 0.05) is 21.1 Å². The smallest absolute Gasteiger partial charge is 0 e. The Morgan fingerprint density at radius 3 is 2.16 bits per heavy atom. The molecule has 0 spiro atoms. The second kappa shape index (κ2) is 6.62. The topological polar surface area (TPSA) is 42.3 Å². The van der Waals surface area contributed by atoms with Crippen LogP contribution in [0, 0.1) is 0 Å². The molecule has 3 rings (SSSR count). The van der Waals surface area contributed by atoms with Gasteiger partial charge in [0.1, 0.15) is 0 Å². The Morgan fingerprint density at radius 1 is 0.737 bits per heavy atom. The maximum absolute atomic E-state index is 4.75. The average molecular weight is 431 g/mol. The Bertz CT molecular complexity index is 486. The zero-order valence-corrected chi connectivity index (χ0v) is 12.5. The molecular weight excluding hydrogens is 417 g/mol. The van der Waals surface area contributed by atoms with Crippen molar-refractivity contribution in [2.75, 3.05) is 0 Å². The Labute approximate surface area is 128 Å². The van der Waals surface area contributed by atoms with Gasteiger partial charge in [0.15, 0.2) is 0 Å². The van der Waals surface area contributed by atoms with Crippen LogP contribution >= 0.6 is 0 Å². The van der Waals surface area contributed by atoms with E-state index in [2.05, 4.69) is 34.9 Å². The van der Waals surface area contributed by atoms with Crippen molar-refractivity contribution >= 4 is 0 Å². The predicted molar refractivity (Wildman–Crippen MR) is 75.2 cm³/mol. The molecule has 4 heteroatoms. The Balaban J connectivity index is 0.00000133. The number of nitrogens with zero attached hydrogens (tertiary/aromatic N) is 3. The Hall–Kier alpha value is -1.47. The van der Waals surface area contributed by atoms with Gasteiger partial charge in [0.2, 0.25) is 0 Å². The number of rotatable bonds is 2. The first-order valence-corrected chi connectivity index (χ1v) is 6.09. The molecule has 3 aliphatic rings. The summed E-state index contributed by atoms with van der Waals surface area (Å²) in [5.41, 5.74) is 1.00. The maximum Gasteiger partial charge on any atom is 0 e. The fourth-order valence-corrected chi connectivity index (χ4v) is 2.11. The van der Waals surface area contributed by atoms with E-state index in [1.165, 1.54) is 0 Å². The molecule has 0 N–H and O–H groups in total. The molecule has 0 bridgehead atoms. The standard InChI is InChI=1S/C15H14N3.Pt/c1-3-10-16-12(6-1)14-8-5-9-15(18-14)13-7-2-4-11-17-13;/h1-14H;/q-3;. The minimum Gasteiger partial charge on any atom is -0.685 e. The third-order valence-electron chi connectivity index (χ3n) is 3.03. The van der Waals surface area contributed by atoms with E-state index in [9.17, 15) is 0 Å². The molecule has 0 aromatic rings. The molecule has 0 saturated heterocycles. The van der Waals surface area contributed by atoms with Crippen LogP contribution in [-0.4, -0.2) is 18.1 Å². The van der Waals surface area contributed by atoms with Crippen molar-refractivity contribution in [1.82, 2.24) is 0 Å². The van der Waals surface area contributed by atoms with Crippen molar-refractivity contribution in [3.8, 4) is 0 Å². The zero-order valence-electron chi connectivity index (χ0n) is 10.2. The van der Waals surface area contributed by atoms with E-state index in [0.717, 1.165) is 5.70 Å². The SMILES string of the molecule is C1=C[N-]C(C2=CC=CC(C3C=CC=C[N-]3)[N-]2)C=C1.[Pt]. The molecule has 0 aromatic heterocycles. The minimum atomic E-state index is 0. The molecule has 19 heavy (non-hydrogen) atoms. The number of hydrogen-bond acceptors (Lipinski definition) is 0. The third-order valence-corrected chi connectivity index (χ3v) is 3.03. The number of allylic oxidation sites excluding steroid dienone is 6. The van der Waals surface area contributed by atoms with Crippen molar-refractivity contribution < 1.29 is 21.1 Å². The largest absolute Gasteiger partial charge is 0.685 e. The van der Waals surface area contributed by atoms with Gasteiger partial charge in [-0.15, -0.1) is 24.2 Å². The summed E-state index contributed by atoms with van der Waals surface area (Å²) in [7, 11) is 0. The summed E-state index contributed by atoms with van der Waals surface area (Å²) in [6, 6.07) is 0.240. The quantitative estimate of drug-likeness (QED) is 0.638. The van der Waals surface area contributed by atoms with Gasteiger partial charge in [-0.2, -0.15) is 18.1 Å². The van der Waals surface area contributed by atoms with Gasteiger partial charge in [0.05, 0.1) is 0 Å². The molecule has 0 radical (unpaired) electrons. The monoisotopic (exact) mass is 431 g/mol. The van der Waals surface area contributed by atoms with Crippen LogP contribution in [0.25, 0.3) is 16.0 Å². The second-order valence-electron chi connectivity index (χ2n) is 4.28. The first kappa shape index (κ1) is 13.9. The van der Waals surface area contributed by atoms with Gasteiger partial charge in [0.25, 0.3) is 0 Å². The predicted octanol–water partition coefficient (Wildman–Crippen LogP) is 3.83. The van der Waals surface area contributed by atoms with E-state index in [0.29, 0.717) is 0 Å². The molecule has 102 valence electrons. The maximum atomic E-state index is 4.75. The fourth-order valence-electron chi connectivity index (χ4n) is 2.11. The summed E-state index contributed by atoms with van der Waals surface area (Å²) < 4.78 is 0. The van der Waals surface area contributed by atoms with Crippen molar-refractivity contribution in [2.45, 2.75) is 18.1 Å². The molecule has 3 unspecified atom stereocenters. The van der Waals surface area contributed by atoms with Gasteiger partial charge in [-0.25, -0.2) is 0 Å². The van der Waals surface area contributed by atoms with Gasteiger partial charge in [-0.3, -0.25) is 0 Å². The van der Waals surface area contributed by atoms with Crippen molar-refractivity contribution in [3.63, 3.8) is 0 Å². The van der Waals surface area contributed by atoms with Crippen LogP contribution in [0.1, 0.15) is 0 Å². The summed E-state index contributed by atoms with van der Waals surface area (Å²) in [5.74, 6) is 0. The van der Waals surface area contributed by atoms with Crippen LogP contribution in [0.4, 0.5) is 0 Å². The molecule has 0 fully saturated rings. The van der Waals surface area contributed by atoms with E-state index < -0.39 is 0 Å². The van der Waals surface area contributed by atoms with Crippen LogP contribution < -0.4 is 0 Å². The van der Waals surface area contributed by atoms with E-state index in [1.807, 2.05) is 42.8 Å². The van der Waals surface area contributed by atoms with E-state index >= 15 is 0 Å². The second-order valence-corrected chi connectivity index (χ2v) is 4.28. The fraction of sp³-hybridized carbons (Fsp3) is 0.200. The summed E-state index contributed by atoms with van der Waals surface area (Å²) in [6.45, 7) is 0. The van der Waals surface area contributed by atoms with Crippen LogP contribution in [0.2, 0.25) is 0 Å². The first-order chi connectivity index (χ1) is 8.93. The van der Waals surface area contributed by atoms with Crippen LogP contribution in [0.3, 0.4) is 0 Å². The molecule has 3 aliphatic heterocycles. The van der Waals surface area contributed by atoms with Crippen LogP contribution in [-0.2, 0) is 21.1 Å². The van der Waals surface area contributed by atoms with E-state index in [4.69, 9.17) is 5.32 Å². The average Bonchev–Trinajstić information content (AvgIpc) is 2.49. The van der Waals surface area contributed by atoms with Crippen molar-refractivity contribution in [2.24, 2.45) is 0 Å². The third kappa shape index (κ3) is 3.30. The summed E-state index contributed by atoms with van der Waals surface area (Å²) >= 11 is 0. The minimum absolute atomic E-state index is 0. The molecule has 0 aliphatic carbocycles. The van der Waals surface area contributed by atoms with Gasteiger partial charge >= 0.3 is 0 Å². The summed E-state index contributed by atoms with van der Waals surface area (Å²) in [5, 5.41) is 13.6. The first-order valence-electron chi connectivity index (χ1n) is 6.09. The van der Waals surface area contributed by atoms with Crippen molar-refractivity contribution in [1.29, 1.82) is 0 Å².